The first-order chi connectivity index (χ1) is 12.7. The van der Waals surface area contributed by atoms with E-state index in [0.717, 1.165) is 5.56 Å². The molecule has 0 aliphatic carbocycles. The highest BCUT2D eigenvalue weighted by Gasteiger charge is 2.20. The summed E-state index contributed by atoms with van der Waals surface area (Å²) in [5.41, 5.74) is 1.91. The number of carboxylic acids is 1. The van der Waals surface area contributed by atoms with E-state index in [0.29, 0.717) is 22.3 Å². The third-order valence-corrected chi connectivity index (χ3v) is 3.77. The predicted octanol–water partition coefficient (Wildman–Crippen LogP) is 3.68. The van der Waals surface area contributed by atoms with Gasteiger partial charge in [0.25, 0.3) is 0 Å². The van der Waals surface area contributed by atoms with Gasteiger partial charge < -0.3 is 9.84 Å². The van der Waals surface area contributed by atoms with E-state index in [-0.39, 0.29) is 5.69 Å². The van der Waals surface area contributed by atoms with E-state index >= 15 is 0 Å². The number of ether oxygens (including phenoxy) is 1. The lowest BCUT2D eigenvalue weighted by Gasteiger charge is -2.19. The number of carbonyl (C=O) groups is 2. The first kappa shape index (κ1) is 18.4. The van der Waals surface area contributed by atoms with Gasteiger partial charge in [-0.25, -0.2) is 19.3 Å². The summed E-state index contributed by atoms with van der Waals surface area (Å²) in [5, 5.41) is 16.6. The second kappa shape index (κ2) is 6.71. The van der Waals surface area contributed by atoms with Crippen LogP contribution >= 0.6 is 0 Å². The second-order valence-corrected chi connectivity index (χ2v) is 7.04. The van der Waals surface area contributed by atoms with Crippen molar-refractivity contribution in [3.63, 3.8) is 0 Å². The van der Waals surface area contributed by atoms with E-state index in [1.807, 2.05) is 0 Å². The number of nitrogens with one attached hydrogen (secondary N) is 1. The number of benzene rings is 1. The number of hydrogen-bond donors (Lipinski definition) is 2. The lowest BCUT2D eigenvalue weighted by Crippen LogP contribution is -2.27. The number of hydrogen-bond acceptors (Lipinski definition) is 5. The van der Waals surface area contributed by atoms with E-state index in [9.17, 15) is 14.7 Å². The van der Waals surface area contributed by atoms with Crippen LogP contribution in [0.5, 0.6) is 0 Å². The lowest BCUT2D eigenvalue weighted by molar-refractivity contribution is 0.0634. The molecule has 0 aliphatic heterocycles. The summed E-state index contributed by atoms with van der Waals surface area (Å²) >= 11 is 0. The number of aromatic nitrogens is 3. The minimum Gasteiger partial charge on any atom is -0.476 e. The monoisotopic (exact) mass is 368 g/mol. The zero-order chi connectivity index (χ0) is 19.8. The van der Waals surface area contributed by atoms with Crippen LogP contribution < -0.4 is 5.32 Å². The van der Waals surface area contributed by atoms with Crippen LogP contribution in [0.25, 0.3) is 22.2 Å². The molecule has 2 aromatic heterocycles. The summed E-state index contributed by atoms with van der Waals surface area (Å²) in [4.78, 5) is 27.6. The maximum atomic E-state index is 11.9. The van der Waals surface area contributed by atoms with Crippen LogP contribution in [0.4, 0.5) is 10.5 Å². The fourth-order valence-electron chi connectivity index (χ4n) is 2.72. The molecular weight excluding hydrogens is 348 g/mol. The molecule has 8 nitrogen and oxygen atoms in total. The average molecular weight is 368 g/mol. The minimum absolute atomic E-state index is 0.0495. The number of pyridine rings is 1. The summed E-state index contributed by atoms with van der Waals surface area (Å²) in [6.45, 7) is 5.37. The van der Waals surface area contributed by atoms with Crippen LogP contribution in [0.3, 0.4) is 0 Å². The summed E-state index contributed by atoms with van der Waals surface area (Å²) in [5.74, 6) is -1.11. The molecule has 0 unspecified atom stereocenters. The van der Waals surface area contributed by atoms with E-state index < -0.39 is 17.7 Å². The molecule has 3 aromatic rings. The molecule has 3 rings (SSSR count). The maximum Gasteiger partial charge on any atom is 0.412 e. The van der Waals surface area contributed by atoms with Gasteiger partial charge in [0.1, 0.15) is 5.60 Å². The number of anilines is 1. The molecule has 0 bridgehead atoms. The van der Waals surface area contributed by atoms with Crippen LogP contribution in [0.2, 0.25) is 0 Å². The number of aromatic carboxylic acids is 1. The van der Waals surface area contributed by atoms with Crippen LogP contribution in [0, 0.1) is 0 Å². The molecule has 0 saturated carbocycles. The van der Waals surface area contributed by atoms with E-state index in [1.165, 1.54) is 4.68 Å². The van der Waals surface area contributed by atoms with E-state index in [4.69, 9.17) is 4.74 Å². The number of aryl methyl sites for hydroxylation is 1. The van der Waals surface area contributed by atoms with Crippen molar-refractivity contribution in [3.8, 4) is 11.1 Å². The molecule has 0 spiro atoms. The molecule has 8 heteroatoms. The summed E-state index contributed by atoms with van der Waals surface area (Å²) < 4.78 is 6.67. The van der Waals surface area contributed by atoms with Gasteiger partial charge >= 0.3 is 12.1 Å². The Balaban J connectivity index is 1.94. The largest absolute Gasteiger partial charge is 0.476 e. The Bertz CT molecular complexity index is 1020. The van der Waals surface area contributed by atoms with Crippen molar-refractivity contribution in [2.24, 2.45) is 7.05 Å². The van der Waals surface area contributed by atoms with Crippen molar-refractivity contribution in [1.82, 2.24) is 14.8 Å². The molecule has 2 heterocycles. The number of fused-ring (bicyclic) bond motifs is 1. The first-order valence-corrected chi connectivity index (χ1v) is 8.31. The Labute approximate surface area is 155 Å². The zero-order valence-corrected chi connectivity index (χ0v) is 15.5. The molecule has 1 amide bonds. The van der Waals surface area contributed by atoms with E-state index in [2.05, 4.69) is 15.4 Å². The summed E-state index contributed by atoms with van der Waals surface area (Å²) in [6, 6.07) is 8.78. The summed E-state index contributed by atoms with van der Waals surface area (Å²) in [7, 11) is 1.65. The van der Waals surface area contributed by atoms with Gasteiger partial charge in [0.05, 0.1) is 5.39 Å². The van der Waals surface area contributed by atoms with Crippen molar-refractivity contribution in [2.45, 2.75) is 26.4 Å². The number of rotatable bonds is 3. The Morgan fingerprint density at radius 1 is 1.15 bits per heavy atom. The Hall–Kier alpha value is -3.42. The van der Waals surface area contributed by atoms with Gasteiger partial charge in [-0.3, -0.25) is 5.32 Å². The second-order valence-electron chi connectivity index (χ2n) is 7.04. The van der Waals surface area contributed by atoms with Crippen molar-refractivity contribution >= 4 is 28.8 Å². The number of carboxylic acid groups (broad SMARTS) is 1. The van der Waals surface area contributed by atoms with E-state index in [1.54, 1.807) is 64.3 Å². The van der Waals surface area contributed by atoms with Crippen LogP contribution in [0.15, 0.2) is 36.5 Å². The molecule has 0 radical (unpaired) electrons. The fraction of sp³-hybridized carbons (Fsp3) is 0.263. The maximum absolute atomic E-state index is 11.9. The molecule has 27 heavy (non-hydrogen) atoms. The van der Waals surface area contributed by atoms with Crippen molar-refractivity contribution in [2.75, 3.05) is 5.32 Å². The average Bonchev–Trinajstić information content (AvgIpc) is 2.91. The topological polar surface area (TPSA) is 106 Å². The van der Waals surface area contributed by atoms with Crippen LogP contribution in [-0.2, 0) is 11.8 Å². The Kier molecular flexibility index (Phi) is 4.57. The van der Waals surface area contributed by atoms with Gasteiger partial charge in [-0.05, 0) is 50.1 Å². The molecule has 140 valence electrons. The predicted molar refractivity (Wildman–Crippen MR) is 101 cm³/mol. The molecular formula is C19H20N4O4. The Morgan fingerprint density at radius 2 is 1.81 bits per heavy atom. The zero-order valence-electron chi connectivity index (χ0n) is 15.5. The minimum atomic E-state index is -1.11. The third-order valence-electron chi connectivity index (χ3n) is 3.77. The third kappa shape index (κ3) is 3.89. The van der Waals surface area contributed by atoms with Crippen molar-refractivity contribution < 1.29 is 19.4 Å². The molecule has 2 N–H and O–H groups in total. The molecule has 0 atom stereocenters. The number of carbonyl (C=O) groups excluding carboxylic acids is 1. The van der Waals surface area contributed by atoms with Gasteiger partial charge in [-0.1, -0.05) is 12.1 Å². The Morgan fingerprint density at radius 3 is 2.41 bits per heavy atom. The molecule has 0 aliphatic rings. The molecule has 0 saturated heterocycles. The lowest BCUT2D eigenvalue weighted by atomic mass is 10.0. The van der Waals surface area contributed by atoms with Gasteiger partial charge in [0, 0.05) is 18.9 Å². The quantitative estimate of drug-likeness (QED) is 0.730. The highest BCUT2D eigenvalue weighted by molar-refractivity contribution is 6.07. The van der Waals surface area contributed by atoms with Gasteiger partial charge in [0.15, 0.2) is 11.3 Å². The normalized spacial score (nSPS) is 11.4. The highest BCUT2D eigenvalue weighted by atomic mass is 16.6. The number of nitrogens with zero attached hydrogens (tertiary/aromatic N) is 3. The van der Waals surface area contributed by atoms with Crippen molar-refractivity contribution in [3.05, 3.63) is 42.2 Å². The SMILES string of the molecule is Cn1nc(C(=O)O)c2c(-c3ccc(NC(=O)OC(C)(C)C)cc3)ccnc21. The fourth-order valence-corrected chi connectivity index (χ4v) is 2.72. The number of amides is 1. The summed E-state index contributed by atoms with van der Waals surface area (Å²) in [6.07, 6.45) is 1.07. The highest BCUT2D eigenvalue weighted by Crippen LogP contribution is 2.30. The smallest absolute Gasteiger partial charge is 0.412 e. The standard InChI is InChI=1S/C19H20N4O4/c1-19(2,3)27-18(26)21-12-7-5-11(6-8-12)13-9-10-20-16-14(13)15(17(24)25)22-23(16)4/h5-10H,1-4H3,(H,21,26)(H,24,25). The molecule has 1 aromatic carbocycles. The van der Waals surface area contributed by atoms with Gasteiger partial charge in [-0.2, -0.15) is 5.10 Å². The van der Waals surface area contributed by atoms with Gasteiger partial charge in [-0.15, -0.1) is 0 Å². The van der Waals surface area contributed by atoms with Gasteiger partial charge in [0.2, 0.25) is 0 Å². The first-order valence-electron chi connectivity index (χ1n) is 8.31. The molecule has 0 fully saturated rings. The van der Waals surface area contributed by atoms with Crippen LogP contribution in [-0.4, -0.2) is 37.5 Å². The van der Waals surface area contributed by atoms with Crippen LogP contribution in [0.1, 0.15) is 31.3 Å². The van der Waals surface area contributed by atoms with Crippen molar-refractivity contribution in [1.29, 1.82) is 0 Å².